The van der Waals surface area contributed by atoms with E-state index < -0.39 is 18.9 Å². The lowest BCUT2D eigenvalue weighted by Gasteiger charge is -2.37. The Morgan fingerprint density at radius 1 is 1.30 bits per heavy atom. The number of piperidine rings is 1. The van der Waals surface area contributed by atoms with Crippen LogP contribution in [0.15, 0.2) is 24.5 Å². The molecule has 2 amide bonds. The van der Waals surface area contributed by atoms with Crippen molar-refractivity contribution in [3.8, 4) is 5.88 Å². The first-order valence-electron chi connectivity index (χ1n) is 10.7. The van der Waals surface area contributed by atoms with E-state index in [4.69, 9.17) is 9.57 Å². The maximum absolute atomic E-state index is 13.2. The first kappa shape index (κ1) is 26.1. The summed E-state index contributed by atoms with van der Waals surface area (Å²) in [5.41, 5.74) is 0.234. The third-order valence-corrected chi connectivity index (χ3v) is 5.08. The van der Waals surface area contributed by atoms with Gasteiger partial charge in [0.25, 0.3) is 18.2 Å². The van der Waals surface area contributed by atoms with Crippen molar-refractivity contribution in [3.63, 3.8) is 0 Å². The molecule has 0 N–H and O–H groups in total. The number of carbonyl (C=O) groups is 2. The lowest BCUT2D eigenvalue weighted by molar-refractivity contribution is -0.0761. The van der Waals surface area contributed by atoms with Crippen LogP contribution in [-0.4, -0.2) is 81.5 Å². The average Bonchev–Trinajstić information content (AvgIpc) is 3.33. The summed E-state index contributed by atoms with van der Waals surface area (Å²) in [6, 6.07) is 2.70. The highest BCUT2D eigenvalue weighted by atomic mass is 19.3. The minimum atomic E-state index is -2.68. The van der Waals surface area contributed by atoms with Gasteiger partial charge in [-0.05, 0) is 31.9 Å². The van der Waals surface area contributed by atoms with E-state index in [9.17, 15) is 18.4 Å². The van der Waals surface area contributed by atoms with Gasteiger partial charge in [0, 0.05) is 25.8 Å². The van der Waals surface area contributed by atoms with Gasteiger partial charge in [-0.2, -0.15) is 9.90 Å². The molecular formula is C21H30F2N6O4. The summed E-state index contributed by atoms with van der Waals surface area (Å²) in [4.78, 5) is 37.2. The fourth-order valence-electron chi connectivity index (χ4n) is 3.32. The molecule has 2 aromatic rings. The Morgan fingerprint density at radius 2 is 2.03 bits per heavy atom. The van der Waals surface area contributed by atoms with Gasteiger partial charge in [0.15, 0.2) is 12.3 Å². The largest absolute Gasteiger partial charge is 0.471 e. The molecular weight excluding hydrogens is 438 g/mol. The van der Waals surface area contributed by atoms with Crippen molar-refractivity contribution in [1.82, 2.24) is 29.9 Å². The monoisotopic (exact) mass is 468 g/mol. The number of halogens is 2. The van der Waals surface area contributed by atoms with E-state index in [1.54, 1.807) is 11.0 Å². The van der Waals surface area contributed by atoms with Gasteiger partial charge in [-0.15, -0.1) is 5.10 Å². The summed E-state index contributed by atoms with van der Waals surface area (Å²) in [5.74, 6) is -0.950. The Morgan fingerprint density at radius 3 is 2.70 bits per heavy atom. The molecule has 1 unspecified atom stereocenters. The zero-order valence-corrected chi connectivity index (χ0v) is 19.4. The highest BCUT2D eigenvalue weighted by Crippen LogP contribution is 2.28. The lowest BCUT2D eigenvalue weighted by Crippen LogP contribution is -2.46. The van der Waals surface area contributed by atoms with Crippen LogP contribution in [0.5, 0.6) is 5.88 Å². The molecule has 12 heteroatoms. The molecule has 2 aromatic heterocycles. The SMILES string of the molecule is CC.CON(C)C(=O)c1cnn(C2CC[C@@H](C)N(C(=O)c3cccnc3OCC(F)F)C2)n1. The topological polar surface area (TPSA) is 103 Å². The number of ether oxygens (including phenoxy) is 1. The number of hydrogen-bond donors (Lipinski definition) is 0. The van der Waals surface area contributed by atoms with Gasteiger partial charge in [-0.3, -0.25) is 14.4 Å². The van der Waals surface area contributed by atoms with Crippen LogP contribution < -0.4 is 4.74 Å². The summed E-state index contributed by atoms with van der Waals surface area (Å²) < 4.78 is 30.1. The number of pyridine rings is 1. The molecule has 0 bridgehead atoms. The molecule has 0 aromatic carbocycles. The lowest BCUT2D eigenvalue weighted by atomic mass is 9.98. The third kappa shape index (κ3) is 6.44. The van der Waals surface area contributed by atoms with Crippen LogP contribution in [0.2, 0.25) is 0 Å². The van der Waals surface area contributed by atoms with Crippen molar-refractivity contribution in [3.05, 3.63) is 35.8 Å². The van der Waals surface area contributed by atoms with E-state index in [-0.39, 0.29) is 41.7 Å². The summed E-state index contributed by atoms with van der Waals surface area (Å²) in [7, 11) is 2.83. The van der Waals surface area contributed by atoms with Gasteiger partial charge in [-0.1, -0.05) is 13.8 Å². The minimum absolute atomic E-state index is 0.0943. The third-order valence-electron chi connectivity index (χ3n) is 5.08. The van der Waals surface area contributed by atoms with Crippen molar-refractivity contribution >= 4 is 11.8 Å². The van der Waals surface area contributed by atoms with Crippen molar-refractivity contribution in [1.29, 1.82) is 0 Å². The van der Waals surface area contributed by atoms with E-state index in [2.05, 4.69) is 15.2 Å². The van der Waals surface area contributed by atoms with E-state index in [1.807, 2.05) is 20.8 Å². The Balaban J connectivity index is 0.00000187. The Kier molecular flexibility index (Phi) is 9.64. The molecule has 182 valence electrons. The van der Waals surface area contributed by atoms with Gasteiger partial charge < -0.3 is 9.64 Å². The quantitative estimate of drug-likeness (QED) is 0.576. The molecule has 2 atom stereocenters. The van der Waals surface area contributed by atoms with Gasteiger partial charge in [0.1, 0.15) is 5.56 Å². The summed E-state index contributed by atoms with van der Waals surface area (Å²) in [6.45, 7) is 5.34. The van der Waals surface area contributed by atoms with Gasteiger partial charge >= 0.3 is 0 Å². The van der Waals surface area contributed by atoms with Crippen LogP contribution in [0.25, 0.3) is 0 Å². The average molecular weight is 469 g/mol. The maximum Gasteiger partial charge on any atom is 0.299 e. The van der Waals surface area contributed by atoms with Crippen LogP contribution in [0, 0.1) is 0 Å². The maximum atomic E-state index is 13.2. The van der Waals surface area contributed by atoms with E-state index >= 15 is 0 Å². The molecule has 0 saturated carbocycles. The predicted octanol–water partition coefficient (Wildman–Crippen LogP) is 2.84. The first-order chi connectivity index (χ1) is 15.8. The predicted molar refractivity (Wildman–Crippen MR) is 115 cm³/mol. The van der Waals surface area contributed by atoms with Crippen LogP contribution in [0.1, 0.15) is 60.5 Å². The first-order valence-corrected chi connectivity index (χ1v) is 10.7. The fraction of sp³-hybridized carbons (Fsp3) is 0.571. The highest BCUT2D eigenvalue weighted by molar-refractivity contribution is 5.96. The second-order valence-corrected chi connectivity index (χ2v) is 7.13. The Hall–Kier alpha value is -3.15. The van der Waals surface area contributed by atoms with E-state index in [1.165, 1.54) is 37.4 Å². The van der Waals surface area contributed by atoms with Crippen LogP contribution >= 0.6 is 0 Å². The van der Waals surface area contributed by atoms with Gasteiger partial charge in [0.2, 0.25) is 5.88 Å². The molecule has 3 rings (SSSR count). The number of aromatic nitrogens is 4. The molecule has 33 heavy (non-hydrogen) atoms. The number of nitrogens with zero attached hydrogens (tertiary/aromatic N) is 6. The molecule has 10 nitrogen and oxygen atoms in total. The zero-order chi connectivity index (χ0) is 24.5. The van der Waals surface area contributed by atoms with Crippen molar-refractivity contribution in [2.75, 3.05) is 27.3 Å². The molecule has 1 aliphatic heterocycles. The smallest absolute Gasteiger partial charge is 0.299 e. The Bertz CT molecular complexity index is 926. The number of alkyl halides is 2. The van der Waals surface area contributed by atoms with Crippen LogP contribution in [0.4, 0.5) is 8.78 Å². The Labute approximate surface area is 191 Å². The van der Waals surface area contributed by atoms with Crippen molar-refractivity contribution < 1.29 is 27.9 Å². The number of likely N-dealkylation sites (tertiary alicyclic amines) is 1. The molecule has 1 aliphatic rings. The highest BCUT2D eigenvalue weighted by Gasteiger charge is 2.33. The molecule has 1 saturated heterocycles. The number of hydrogen-bond acceptors (Lipinski definition) is 7. The fourth-order valence-corrected chi connectivity index (χ4v) is 3.32. The summed E-state index contributed by atoms with van der Waals surface area (Å²) in [6.07, 6.45) is 1.42. The minimum Gasteiger partial charge on any atom is -0.471 e. The van der Waals surface area contributed by atoms with Crippen molar-refractivity contribution in [2.45, 2.75) is 52.1 Å². The molecule has 1 fully saturated rings. The standard InChI is InChI=1S/C19H24F2N6O4.C2H6/c1-12-6-7-13(27-23-9-15(24-27)19(29)25(2)30-3)10-26(12)18(28)14-5-4-8-22-17(14)31-11-16(20)21;1-2/h4-5,8-9,12-13,16H,6-7,10-11H2,1-3H3;1-2H3/t12-,13?;/m1./s1. The summed E-state index contributed by atoms with van der Waals surface area (Å²) >= 11 is 0. The van der Waals surface area contributed by atoms with E-state index in [0.717, 1.165) is 5.06 Å². The van der Waals surface area contributed by atoms with Crippen molar-refractivity contribution in [2.24, 2.45) is 0 Å². The number of amides is 2. The van der Waals surface area contributed by atoms with Gasteiger partial charge in [0.05, 0.1) is 19.3 Å². The second-order valence-electron chi connectivity index (χ2n) is 7.13. The number of hydroxylamine groups is 2. The number of rotatable bonds is 7. The summed E-state index contributed by atoms with van der Waals surface area (Å²) in [5, 5.41) is 9.45. The van der Waals surface area contributed by atoms with Gasteiger partial charge in [-0.25, -0.2) is 18.8 Å². The normalized spacial score (nSPS) is 17.9. The molecule has 3 heterocycles. The molecule has 0 radical (unpaired) electrons. The second kappa shape index (κ2) is 12.2. The molecule has 0 aliphatic carbocycles. The van der Waals surface area contributed by atoms with Crippen LogP contribution in [0.3, 0.4) is 0 Å². The van der Waals surface area contributed by atoms with E-state index in [0.29, 0.717) is 12.8 Å². The number of carbonyl (C=O) groups excluding carboxylic acids is 2. The molecule has 0 spiro atoms. The zero-order valence-electron chi connectivity index (χ0n) is 19.4. The van der Waals surface area contributed by atoms with Crippen LogP contribution in [-0.2, 0) is 4.84 Å².